The average Bonchev–Trinajstić information content (AvgIpc) is 2.75. The van der Waals surface area contributed by atoms with Crippen molar-refractivity contribution in [2.45, 2.75) is 19.8 Å². The lowest BCUT2D eigenvalue weighted by Crippen LogP contribution is -1.99. The van der Waals surface area contributed by atoms with Crippen molar-refractivity contribution in [1.29, 1.82) is 0 Å². The molecule has 0 saturated carbocycles. The van der Waals surface area contributed by atoms with Crippen LogP contribution in [0.4, 0.5) is 0 Å². The molecule has 0 aliphatic carbocycles. The Labute approximate surface area is 96.1 Å². The predicted molar refractivity (Wildman–Crippen MR) is 66.3 cm³/mol. The Balaban J connectivity index is 2.22. The first-order valence-electron chi connectivity index (χ1n) is 5.66. The van der Waals surface area contributed by atoms with Crippen LogP contribution in [-0.4, -0.2) is 6.54 Å². The summed E-state index contributed by atoms with van der Waals surface area (Å²) in [5, 5.41) is 0. The van der Waals surface area contributed by atoms with Gasteiger partial charge in [0.2, 0.25) is 0 Å². The molecule has 0 amide bonds. The van der Waals surface area contributed by atoms with E-state index in [1.165, 1.54) is 11.1 Å². The standard InChI is InChI=1S/C14H17NO/c1-11-5-2-3-7-13(11)14-9-8-12(16-14)6-4-10-15/h2-3,5,7-9H,4,6,10,15H2,1H3. The maximum Gasteiger partial charge on any atom is 0.134 e. The number of benzene rings is 1. The molecule has 0 saturated heterocycles. The van der Waals surface area contributed by atoms with Crippen molar-refractivity contribution in [2.24, 2.45) is 5.73 Å². The minimum atomic E-state index is 0.709. The zero-order valence-corrected chi connectivity index (χ0v) is 9.57. The third-order valence-electron chi connectivity index (χ3n) is 2.70. The lowest BCUT2D eigenvalue weighted by molar-refractivity contribution is 0.515. The van der Waals surface area contributed by atoms with E-state index in [4.69, 9.17) is 10.2 Å². The molecular formula is C14H17NO. The number of aryl methyl sites for hydroxylation is 2. The van der Waals surface area contributed by atoms with Gasteiger partial charge in [-0.3, -0.25) is 0 Å². The van der Waals surface area contributed by atoms with E-state index in [1.807, 2.05) is 24.3 Å². The Morgan fingerprint density at radius 1 is 1.12 bits per heavy atom. The van der Waals surface area contributed by atoms with Crippen molar-refractivity contribution in [1.82, 2.24) is 0 Å². The van der Waals surface area contributed by atoms with Gasteiger partial charge in [-0.2, -0.15) is 0 Å². The second-order valence-corrected chi connectivity index (χ2v) is 3.97. The summed E-state index contributed by atoms with van der Waals surface area (Å²) in [5.74, 6) is 1.97. The Kier molecular flexibility index (Phi) is 3.42. The highest BCUT2D eigenvalue weighted by molar-refractivity contribution is 5.61. The van der Waals surface area contributed by atoms with Gasteiger partial charge < -0.3 is 10.2 Å². The van der Waals surface area contributed by atoms with Gasteiger partial charge in [0.15, 0.2) is 0 Å². The molecule has 0 bridgehead atoms. The summed E-state index contributed by atoms with van der Waals surface area (Å²) in [7, 11) is 0. The molecule has 2 aromatic rings. The van der Waals surface area contributed by atoms with Crippen LogP contribution in [0.3, 0.4) is 0 Å². The minimum Gasteiger partial charge on any atom is -0.461 e. The van der Waals surface area contributed by atoms with Gasteiger partial charge in [0.1, 0.15) is 11.5 Å². The van der Waals surface area contributed by atoms with Crippen LogP contribution in [0, 0.1) is 6.92 Å². The van der Waals surface area contributed by atoms with Crippen LogP contribution < -0.4 is 5.73 Å². The highest BCUT2D eigenvalue weighted by Crippen LogP contribution is 2.25. The van der Waals surface area contributed by atoms with E-state index in [9.17, 15) is 0 Å². The van der Waals surface area contributed by atoms with Gasteiger partial charge in [0.25, 0.3) is 0 Å². The first-order valence-corrected chi connectivity index (χ1v) is 5.66. The summed E-state index contributed by atoms with van der Waals surface area (Å²) in [6.45, 7) is 2.80. The second-order valence-electron chi connectivity index (χ2n) is 3.97. The fourth-order valence-electron chi connectivity index (χ4n) is 1.78. The molecule has 16 heavy (non-hydrogen) atoms. The number of hydrogen-bond acceptors (Lipinski definition) is 2. The SMILES string of the molecule is Cc1ccccc1-c1ccc(CCCN)o1. The molecule has 1 aromatic carbocycles. The molecule has 0 spiro atoms. The third-order valence-corrected chi connectivity index (χ3v) is 2.70. The highest BCUT2D eigenvalue weighted by Gasteiger charge is 2.06. The number of hydrogen-bond donors (Lipinski definition) is 1. The molecule has 1 aromatic heterocycles. The minimum absolute atomic E-state index is 0.709. The number of nitrogens with two attached hydrogens (primary N) is 1. The Hall–Kier alpha value is -1.54. The van der Waals surface area contributed by atoms with Crippen molar-refractivity contribution in [3.63, 3.8) is 0 Å². The van der Waals surface area contributed by atoms with Gasteiger partial charge in [0, 0.05) is 12.0 Å². The zero-order valence-electron chi connectivity index (χ0n) is 9.57. The van der Waals surface area contributed by atoms with E-state index >= 15 is 0 Å². The van der Waals surface area contributed by atoms with E-state index in [2.05, 4.69) is 19.1 Å². The summed E-state index contributed by atoms with van der Waals surface area (Å²) in [6.07, 6.45) is 1.89. The van der Waals surface area contributed by atoms with E-state index in [0.717, 1.165) is 24.4 Å². The third kappa shape index (κ3) is 2.34. The van der Waals surface area contributed by atoms with Gasteiger partial charge in [0.05, 0.1) is 0 Å². The van der Waals surface area contributed by atoms with E-state index in [0.29, 0.717) is 6.54 Å². The van der Waals surface area contributed by atoms with Crippen LogP contribution in [0.1, 0.15) is 17.7 Å². The van der Waals surface area contributed by atoms with Crippen molar-refractivity contribution in [3.05, 3.63) is 47.7 Å². The predicted octanol–water partition coefficient (Wildman–Crippen LogP) is 3.15. The average molecular weight is 215 g/mol. The van der Waals surface area contributed by atoms with Gasteiger partial charge >= 0.3 is 0 Å². The Morgan fingerprint density at radius 2 is 1.94 bits per heavy atom. The van der Waals surface area contributed by atoms with Gasteiger partial charge in [-0.05, 0) is 37.6 Å². The summed E-state index contributed by atoms with van der Waals surface area (Å²) in [6, 6.07) is 12.3. The summed E-state index contributed by atoms with van der Waals surface area (Å²) >= 11 is 0. The normalized spacial score (nSPS) is 10.6. The van der Waals surface area contributed by atoms with E-state index in [1.54, 1.807) is 0 Å². The molecule has 0 aliphatic rings. The summed E-state index contributed by atoms with van der Waals surface area (Å²) < 4.78 is 5.80. The van der Waals surface area contributed by atoms with Crippen molar-refractivity contribution in [2.75, 3.05) is 6.54 Å². The van der Waals surface area contributed by atoms with Crippen LogP contribution in [0.5, 0.6) is 0 Å². The van der Waals surface area contributed by atoms with E-state index in [-0.39, 0.29) is 0 Å². The molecule has 2 nitrogen and oxygen atoms in total. The highest BCUT2D eigenvalue weighted by atomic mass is 16.3. The maximum atomic E-state index is 5.80. The van der Waals surface area contributed by atoms with Gasteiger partial charge in [-0.25, -0.2) is 0 Å². The fourth-order valence-corrected chi connectivity index (χ4v) is 1.78. The van der Waals surface area contributed by atoms with Crippen molar-refractivity contribution >= 4 is 0 Å². The lowest BCUT2D eigenvalue weighted by atomic mass is 10.1. The molecular weight excluding hydrogens is 198 g/mol. The molecule has 2 rings (SSSR count). The quantitative estimate of drug-likeness (QED) is 0.851. The summed E-state index contributed by atoms with van der Waals surface area (Å²) in [5.41, 5.74) is 7.88. The summed E-state index contributed by atoms with van der Waals surface area (Å²) in [4.78, 5) is 0. The van der Waals surface area contributed by atoms with Crippen LogP contribution in [0.2, 0.25) is 0 Å². The van der Waals surface area contributed by atoms with E-state index < -0.39 is 0 Å². The van der Waals surface area contributed by atoms with Gasteiger partial charge in [-0.1, -0.05) is 24.3 Å². The molecule has 2 heteroatoms. The smallest absolute Gasteiger partial charge is 0.134 e. The largest absolute Gasteiger partial charge is 0.461 e. The Morgan fingerprint density at radius 3 is 2.69 bits per heavy atom. The fraction of sp³-hybridized carbons (Fsp3) is 0.286. The monoisotopic (exact) mass is 215 g/mol. The molecule has 0 radical (unpaired) electrons. The molecule has 1 heterocycles. The molecule has 0 aliphatic heterocycles. The lowest BCUT2D eigenvalue weighted by Gasteiger charge is -2.01. The van der Waals surface area contributed by atoms with Gasteiger partial charge in [-0.15, -0.1) is 0 Å². The van der Waals surface area contributed by atoms with Crippen LogP contribution in [0.25, 0.3) is 11.3 Å². The first-order chi connectivity index (χ1) is 7.81. The van der Waals surface area contributed by atoms with Crippen LogP contribution >= 0.6 is 0 Å². The topological polar surface area (TPSA) is 39.2 Å². The van der Waals surface area contributed by atoms with Crippen molar-refractivity contribution < 1.29 is 4.42 Å². The molecule has 0 atom stereocenters. The number of rotatable bonds is 4. The molecule has 0 unspecified atom stereocenters. The molecule has 84 valence electrons. The molecule has 2 N–H and O–H groups in total. The maximum absolute atomic E-state index is 5.80. The first kappa shape index (κ1) is 11.0. The van der Waals surface area contributed by atoms with Crippen LogP contribution in [0.15, 0.2) is 40.8 Å². The second kappa shape index (κ2) is 4.99. The van der Waals surface area contributed by atoms with Crippen molar-refractivity contribution in [3.8, 4) is 11.3 Å². The van der Waals surface area contributed by atoms with Crippen LogP contribution in [-0.2, 0) is 6.42 Å². The number of furan rings is 1. The Bertz CT molecular complexity index is 459. The zero-order chi connectivity index (χ0) is 11.4. The molecule has 0 fully saturated rings.